The maximum absolute atomic E-state index is 6.20. The summed E-state index contributed by atoms with van der Waals surface area (Å²) < 4.78 is 0.868. The Morgan fingerprint density at radius 1 is 1.35 bits per heavy atom. The van der Waals surface area contributed by atoms with Crippen molar-refractivity contribution in [3.05, 3.63) is 69.6 Å². The fourth-order valence-corrected chi connectivity index (χ4v) is 3.13. The van der Waals surface area contributed by atoms with Crippen LogP contribution in [0.5, 0.6) is 0 Å². The lowest BCUT2D eigenvalue weighted by atomic mass is 10.2. The van der Waals surface area contributed by atoms with Gasteiger partial charge in [-0.2, -0.15) is 0 Å². The minimum absolute atomic E-state index is 0.550. The molecule has 1 aromatic carbocycles. The number of aliphatic imine (C=N–C) groups is 1. The highest BCUT2D eigenvalue weighted by atomic mass is 79.9. The molecule has 1 N–H and O–H groups in total. The summed E-state index contributed by atoms with van der Waals surface area (Å²) in [5.41, 5.74) is 2.31. The van der Waals surface area contributed by atoms with E-state index >= 15 is 0 Å². The molecule has 0 amide bonds. The van der Waals surface area contributed by atoms with Crippen molar-refractivity contribution < 1.29 is 0 Å². The average Bonchev–Trinajstić information content (AvgIpc) is 2.50. The van der Waals surface area contributed by atoms with Crippen LogP contribution in [0.4, 0.5) is 5.82 Å². The number of rotatable bonds is 3. The van der Waals surface area contributed by atoms with E-state index in [1.54, 1.807) is 6.20 Å². The first-order valence-electron chi connectivity index (χ1n) is 7.22. The molecule has 23 heavy (non-hydrogen) atoms. The summed E-state index contributed by atoms with van der Waals surface area (Å²) in [6.45, 7) is 3.42. The van der Waals surface area contributed by atoms with E-state index in [-0.39, 0.29) is 0 Å². The highest BCUT2D eigenvalue weighted by molar-refractivity contribution is 9.10. The lowest BCUT2D eigenvalue weighted by molar-refractivity contribution is 0.406. The van der Waals surface area contributed by atoms with E-state index in [9.17, 15) is 0 Å². The van der Waals surface area contributed by atoms with Crippen molar-refractivity contribution in [2.45, 2.75) is 13.5 Å². The Balaban J connectivity index is 1.79. The largest absolute Gasteiger partial charge is 0.363 e. The van der Waals surface area contributed by atoms with E-state index in [1.165, 1.54) is 5.56 Å². The highest BCUT2D eigenvalue weighted by Crippen LogP contribution is 2.24. The Kier molecular flexibility index (Phi) is 4.98. The third-order valence-electron chi connectivity index (χ3n) is 3.34. The second-order valence-corrected chi connectivity index (χ2v) is 6.63. The Hall–Kier alpha value is -1.85. The van der Waals surface area contributed by atoms with Gasteiger partial charge in [0.25, 0.3) is 0 Å². The van der Waals surface area contributed by atoms with Crippen LogP contribution in [0.3, 0.4) is 0 Å². The molecule has 0 unspecified atom stereocenters. The Morgan fingerprint density at radius 3 is 2.87 bits per heavy atom. The van der Waals surface area contributed by atoms with Crippen molar-refractivity contribution in [3.8, 4) is 0 Å². The van der Waals surface area contributed by atoms with Crippen molar-refractivity contribution in [3.63, 3.8) is 0 Å². The molecule has 1 aromatic heterocycles. The van der Waals surface area contributed by atoms with Crippen molar-refractivity contribution in [1.82, 2.24) is 15.2 Å². The monoisotopic (exact) mass is 390 g/mol. The molecule has 4 nitrogen and oxygen atoms in total. The summed E-state index contributed by atoms with van der Waals surface area (Å²) in [5, 5.41) is 3.65. The minimum Gasteiger partial charge on any atom is -0.363 e. The zero-order chi connectivity index (χ0) is 16.2. The van der Waals surface area contributed by atoms with E-state index in [0.29, 0.717) is 17.5 Å². The van der Waals surface area contributed by atoms with Crippen LogP contribution in [0.2, 0.25) is 0 Å². The lowest BCUT2D eigenvalue weighted by Gasteiger charge is -2.27. The first-order valence-corrected chi connectivity index (χ1v) is 8.39. The fraction of sp³-hybridized carbons (Fsp3) is 0.176. The number of nitrogens with one attached hydrogen (secondary N) is 1. The third-order valence-corrected chi connectivity index (χ3v) is 4.12. The number of amidine groups is 1. The highest BCUT2D eigenvalue weighted by Gasteiger charge is 2.15. The normalized spacial score (nSPS) is 16.2. The van der Waals surface area contributed by atoms with Crippen LogP contribution >= 0.6 is 27.5 Å². The van der Waals surface area contributed by atoms with Gasteiger partial charge in [-0.05, 0) is 40.0 Å². The smallest absolute Gasteiger partial charge is 0.168 e. The molecule has 0 saturated heterocycles. The van der Waals surface area contributed by atoms with Gasteiger partial charge in [-0.25, -0.2) is 9.98 Å². The van der Waals surface area contributed by atoms with Gasteiger partial charge >= 0.3 is 0 Å². The molecule has 6 heteroatoms. The molecule has 0 atom stereocenters. The van der Waals surface area contributed by atoms with Gasteiger partial charge in [-0.3, -0.25) is 0 Å². The molecular formula is C17H16BrClN4. The Bertz CT molecular complexity index is 758. The molecule has 1 aliphatic rings. The van der Waals surface area contributed by atoms with Crippen LogP contribution in [-0.2, 0) is 6.54 Å². The van der Waals surface area contributed by atoms with Gasteiger partial charge in [0.15, 0.2) is 5.82 Å². The predicted molar refractivity (Wildman–Crippen MR) is 97.7 cm³/mol. The number of hydrogen-bond acceptors (Lipinski definition) is 3. The standard InChI is InChI=1S/C17H16BrClN4/c1-12-7-14(18)17(20-8-12)22-16-11-23(10-15(19)21-16)9-13-5-3-2-4-6-13/h2-8,10H,9,11H2,1H3,(H,20,21,22). The zero-order valence-electron chi connectivity index (χ0n) is 12.6. The quantitative estimate of drug-likeness (QED) is 0.792. The van der Waals surface area contributed by atoms with Crippen molar-refractivity contribution in [2.75, 3.05) is 6.54 Å². The molecule has 2 aromatic rings. The molecule has 0 radical (unpaired) electrons. The molecule has 0 aliphatic carbocycles. The number of halogens is 2. The molecule has 3 rings (SSSR count). The van der Waals surface area contributed by atoms with Gasteiger partial charge in [0.1, 0.15) is 11.0 Å². The maximum atomic E-state index is 6.20. The number of nitrogens with zero attached hydrogens (tertiary/aromatic N) is 3. The predicted octanol–water partition coefficient (Wildman–Crippen LogP) is 4.33. The van der Waals surface area contributed by atoms with Crippen LogP contribution in [0, 0.1) is 6.92 Å². The Labute approximate surface area is 149 Å². The summed E-state index contributed by atoms with van der Waals surface area (Å²) >= 11 is 9.70. The van der Waals surface area contributed by atoms with Crippen molar-refractivity contribution >= 4 is 39.2 Å². The molecule has 118 valence electrons. The maximum Gasteiger partial charge on any atom is 0.168 e. The van der Waals surface area contributed by atoms with Crippen molar-refractivity contribution in [1.29, 1.82) is 0 Å². The minimum atomic E-state index is 0.550. The summed E-state index contributed by atoms with van der Waals surface area (Å²) in [6.07, 6.45) is 3.69. The second kappa shape index (κ2) is 7.15. The van der Waals surface area contributed by atoms with Crippen LogP contribution < -0.4 is 5.32 Å². The van der Waals surface area contributed by atoms with Gasteiger partial charge < -0.3 is 10.2 Å². The first kappa shape index (κ1) is 16.0. The summed E-state index contributed by atoms with van der Waals surface area (Å²) in [6, 6.07) is 12.3. The summed E-state index contributed by atoms with van der Waals surface area (Å²) in [7, 11) is 0. The molecule has 2 heterocycles. The number of aromatic nitrogens is 1. The molecule has 0 saturated carbocycles. The lowest BCUT2D eigenvalue weighted by Crippen LogP contribution is -2.38. The van der Waals surface area contributed by atoms with Crippen LogP contribution in [0.15, 0.2) is 63.4 Å². The van der Waals surface area contributed by atoms with E-state index in [0.717, 1.165) is 22.4 Å². The van der Waals surface area contributed by atoms with Crippen LogP contribution in [0.25, 0.3) is 0 Å². The van der Waals surface area contributed by atoms with E-state index in [1.807, 2.05) is 37.4 Å². The van der Waals surface area contributed by atoms with Gasteiger partial charge in [0.05, 0.1) is 11.0 Å². The number of aryl methyl sites for hydroxylation is 1. The van der Waals surface area contributed by atoms with Gasteiger partial charge in [-0.15, -0.1) is 0 Å². The van der Waals surface area contributed by atoms with E-state index < -0.39 is 0 Å². The van der Waals surface area contributed by atoms with Crippen LogP contribution in [-0.4, -0.2) is 22.3 Å². The molecule has 0 fully saturated rings. The molecule has 0 bridgehead atoms. The third kappa shape index (κ3) is 4.33. The first-order chi connectivity index (χ1) is 11.1. The summed E-state index contributed by atoms with van der Waals surface area (Å²) in [5.74, 6) is 1.41. The fourth-order valence-electron chi connectivity index (χ4n) is 2.33. The number of benzene rings is 1. The average molecular weight is 392 g/mol. The van der Waals surface area contributed by atoms with Crippen LogP contribution in [0.1, 0.15) is 11.1 Å². The molecule has 1 aliphatic heterocycles. The molecule has 0 spiro atoms. The zero-order valence-corrected chi connectivity index (χ0v) is 15.0. The molecular weight excluding hydrogens is 376 g/mol. The van der Waals surface area contributed by atoms with Gasteiger partial charge in [0, 0.05) is 18.9 Å². The summed E-state index contributed by atoms with van der Waals surface area (Å²) in [4.78, 5) is 11.1. The Morgan fingerprint density at radius 2 is 2.13 bits per heavy atom. The van der Waals surface area contributed by atoms with Gasteiger partial charge in [-0.1, -0.05) is 41.9 Å². The van der Waals surface area contributed by atoms with Gasteiger partial charge in [0.2, 0.25) is 0 Å². The SMILES string of the molecule is Cc1cnc(/N=C2\CN(Cc3ccccc3)C=C(Cl)N2)c(Br)c1. The van der Waals surface area contributed by atoms with E-state index in [2.05, 4.69) is 48.3 Å². The topological polar surface area (TPSA) is 40.5 Å². The number of pyridine rings is 1. The number of hydrogen-bond donors (Lipinski definition) is 1. The van der Waals surface area contributed by atoms with Crippen molar-refractivity contribution in [2.24, 2.45) is 4.99 Å². The van der Waals surface area contributed by atoms with E-state index in [4.69, 9.17) is 11.6 Å². The second-order valence-electron chi connectivity index (χ2n) is 5.37.